The Morgan fingerprint density at radius 3 is 2.75 bits per heavy atom. The first kappa shape index (κ1) is 17.1. The Labute approximate surface area is 143 Å². The summed E-state index contributed by atoms with van der Waals surface area (Å²) in [7, 11) is 4.33. The summed E-state index contributed by atoms with van der Waals surface area (Å²) in [4.78, 5) is 9.16. The summed E-state index contributed by atoms with van der Waals surface area (Å²) in [5, 5.41) is 4.33. The fourth-order valence-electron chi connectivity index (χ4n) is 3.50. The number of nitrogens with zero attached hydrogens (tertiary/aromatic N) is 3. The van der Waals surface area contributed by atoms with Crippen molar-refractivity contribution in [3.63, 3.8) is 0 Å². The minimum absolute atomic E-state index is 0.259. The van der Waals surface area contributed by atoms with E-state index in [0.29, 0.717) is 11.6 Å². The third kappa shape index (κ3) is 3.84. The average Bonchev–Trinajstić information content (AvgIpc) is 2.56. The van der Waals surface area contributed by atoms with Crippen LogP contribution in [0.3, 0.4) is 0 Å². The van der Waals surface area contributed by atoms with Crippen LogP contribution in [0.1, 0.15) is 18.5 Å². The van der Waals surface area contributed by atoms with Gasteiger partial charge in [0.05, 0.1) is 0 Å². The van der Waals surface area contributed by atoms with E-state index < -0.39 is 0 Å². The van der Waals surface area contributed by atoms with Crippen LogP contribution in [-0.2, 0) is 0 Å². The smallest absolute Gasteiger partial charge is 0.149 e. The maximum absolute atomic E-state index is 14.0. The molecule has 0 unspecified atom stereocenters. The molecule has 1 fully saturated rings. The zero-order chi connectivity index (χ0) is 17.1. The molecule has 0 spiro atoms. The van der Waals surface area contributed by atoms with E-state index in [1.807, 2.05) is 19.1 Å². The predicted octanol–water partition coefficient (Wildman–Crippen LogP) is 3.12. The Morgan fingerprint density at radius 1 is 1.29 bits per heavy atom. The summed E-state index contributed by atoms with van der Waals surface area (Å²) in [6, 6.07) is 7.85. The first-order valence-electron chi connectivity index (χ1n) is 8.73. The van der Waals surface area contributed by atoms with Crippen molar-refractivity contribution in [3.8, 4) is 0 Å². The van der Waals surface area contributed by atoms with Crippen LogP contribution in [0, 0.1) is 12.7 Å². The van der Waals surface area contributed by atoms with Gasteiger partial charge in [-0.1, -0.05) is 12.1 Å². The maximum atomic E-state index is 14.0. The number of pyridine rings is 1. The highest BCUT2D eigenvalue weighted by Gasteiger charge is 2.20. The number of anilines is 1. The van der Waals surface area contributed by atoms with Crippen LogP contribution in [0.25, 0.3) is 10.9 Å². The normalized spacial score (nSPS) is 16.9. The molecule has 0 radical (unpaired) electrons. The van der Waals surface area contributed by atoms with E-state index in [1.165, 1.54) is 18.9 Å². The SMILES string of the molecule is Cc1cc(NCCN2CCC(N(C)C)CC2)c2cccc(F)c2n1. The molecule has 0 atom stereocenters. The zero-order valence-corrected chi connectivity index (χ0v) is 14.8. The predicted molar refractivity (Wildman–Crippen MR) is 98.1 cm³/mol. The minimum Gasteiger partial charge on any atom is -0.383 e. The molecule has 24 heavy (non-hydrogen) atoms. The van der Waals surface area contributed by atoms with Crippen LogP contribution in [0.5, 0.6) is 0 Å². The van der Waals surface area contributed by atoms with Crippen LogP contribution in [0.15, 0.2) is 24.3 Å². The summed E-state index contributed by atoms with van der Waals surface area (Å²) in [5.41, 5.74) is 2.26. The molecule has 130 valence electrons. The summed E-state index contributed by atoms with van der Waals surface area (Å²) >= 11 is 0. The molecule has 1 N–H and O–H groups in total. The third-order valence-corrected chi connectivity index (χ3v) is 4.95. The number of likely N-dealkylation sites (tertiary alicyclic amines) is 1. The number of hydrogen-bond donors (Lipinski definition) is 1. The second kappa shape index (κ2) is 7.45. The lowest BCUT2D eigenvalue weighted by molar-refractivity contribution is 0.148. The fraction of sp³-hybridized carbons (Fsp3) is 0.526. The first-order chi connectivity index (χ1) is 11.5. The van der Waals surface area contributed by atoms with E-state index >= 15 is 0 Å². The average molecular weight is 330 g/mol. The molecule has 2 aromatic rings. The molecule has 1 aromatic carbocycles. The van der Waals surface area contributed by atoms with Gasteiger partial charge < -0.3 is 15.1 Å². The molecule has 1 aliphatic heterocycles. The molecule has 0 aliphatic carbocycles. The third-order valence-electron chi connectivity index (χ3n) is 4.95. The van der Waals surface area contributed by atoms with Gasteiger partial charge in [-0.05, 0) is 59.1 Å². The molecule has 0 amide bonds. The standard InChI is InChI=1S/C19H27FN4/c1-14-13-18(16-5-4-6-17(20)19(16)22-14)21-9-12-24-10-7-15(8-11-24)23(2)3/h4-6,13,15H,7-12H2,1-3H3,(H,21,22). The van der Waals surface area contributed by atoms with E-state index in [0.717, 1.165) is 42.9 Å². The van der Waals surface area contributed by atoms with Crippen LogP contribution < -0.4 is 5.32 Å². The van der Waals surface area contributed by atoms with Gasteiger partial charge in [-0.3, -0.25) is 0 Å². The Kier molecular flexibility index (Phi) is 5.31. The Morgan fingerprint density at radius 2 is 2.04 bits per heavy atom. The number of rotatable bonds is 5. The van der Waals surface area contributed by atoms with Crippen molar-refractivity contribution in [3.05, 3.63) is 35.8 Å². The van der Waals surface area contributed by atoms with E-state index in [-0.39, 0.29) is 5.82 Å². The van der Waals surface area contributed by atoms with Crippen molar-refractivity contribution in [2.45, 2.75) is 25.8 Å². The molecule has 4 nitrogen and oxygen atoms in total. The van der Waals surface area contributed by atoms with E-state index in [4.69, 9.17) is 0 Å². The van der Waals surface area contributed by atoms with Crippen molar-refractivity contribution in [1.29, 1.82) is 0 Å². The molecule has 3 rings (SSSR count). The lowest BCUT2D eigenvalue weighted by Gasteiger charge is -2.35. The Bertz CT molecular complexity index is 693. The largest absolute Gasteiger partial charge is 0.383 e. The van der Waals surface area contributed by atoms with E-state index in [1.54, 1.807) is 6.07 Å². The highest BCUT2D eigenvalue weighted by Crippen LogP contribution is 2.25. The van der Waals surface area contributed by atoms with Gasteiger partial charge in [0.2, 0.25) is 0 Å². The van der Waals surface area contributed by atoms with Crippen LogP contribution in [0.2, 0.25) is 0 Å². The van der Waals surface area contributed by atoms with Gasteiger partial charge in [-0.2, -0.15) is 0 Å². The van der Waals surface area contributed by atoms with Crippen molar-refractivity contribution < 1.29 is 4.39 Å². The molecule has 2 heterocycles. The zero-order valence-electron chi connectivity index (χ0n) is 14.8. The first-order valence-corrected chi connectivity index (χ1v) is 8.73. The topological polar surface area (TPSA) is 31.4 Å². The molecule has 0 saturated carbocycles. The van der Waals surface area contributed by atoms with E-state index in [9.17, 15) is 4.39 Å². The number of para-hydroxylation sites is 1. The second-order valence-corrected chi connectivity index (χ2v) is 6.91. The van der Waals surface area contributed by atoms with Crippen molar-refractivity contribution >= 4 is 16.6 Å². The number of benzene rings is 1. The lowest BCUT2D eigenvalue weighted by Crippen LogP contribution is -2.43. The highest BCUT2D eigenvalue weighted by molar-refractivity contribution is 5.91. The van der Waals surface area contributed by atoms with Gasteiger partial charge >= 0.3 is 0 Å². The number of nitrogens with one attached hydrogen (secondary N) is 1. The monoisotopic (exact) mass is 330 g/mol. The van der Waals surface area contributed by atoms with Crippen molar-refractivity contribution in [2.24, 2.45) is 0 Å². The van der Waals surface area contributed by atoms with Gasteiger partial charge in [0, 0.05) is 35.9 Å². The number of aromatic nitrogens is 1. The van der Waals surface area contributed by atoms with Crippen LogP contribution in [-0.4, -0.2) is 61.1 Å². The van der Waals surface area contributed by atoms with E-state index in [2.05, 4.69) is 34.2 Å². The van der Waals surface area contributed by atoms with Gasteiger partial charge in [-0.15, -0.1) is 0 Å². The fourth-order valence-corrected chi connectivity index (χ4v) is 3.50. The number of aryl methyl sites for hydroxylation is 1. The maximum Gasteiger partial charge on any atom is 0.149 e. The summed E-state index contributed by atoms with van der Waals surface area (Å²) in [6.45, 7) is 6.08. The molecule has 0 bridgehead atoms. The summed E-state index contributed by atoms with van der Waals surface area (Å²) in [5.74, 6) is -0.259. The van der Waals surface area contributed by atoms with Gasteiger partial charge in [0.25, 0.3) is 0 Å². The molecular formula is C19H27FN4. The van der Waals surface area contributed by atoms with Gasteiger partial charge in [-0.25, -0.2) is 9.37 Å². The minimum atomic E-state index is -0.259. The molecule has 1 aromatic heterocycles. The molecule has 1 saturated heterocycles. The Hall–Kier alpha value is -1.72. The van der Waals surface area contributed by atoms with Gasteiger partial charge in [0.1, 0.15) is 11.3 Å². The van der Waals surface area contributed by atoms with Crippen molar-refractivity contribution in [1.82, 2.24) is 14.8 Å². The van der Waals surface area contributed by atoms with Crippen molar-refractivity contribution in [2.75, 3.05) is 45.6 Å². The molecule has 1 aliphatic rings. The number of piperidine rings is 1. The summed E-state index contributed by atoms with van der Waals surface area (Å²) in [6.07, 6.45) is 2.46. The second-order valence-electron chi connectivity index (χ2n) is 6.91. The number of hydrogen-bond acceptors (Lipinski definition) is 4. The number of fused-ring (bicyclic) bond motifs is 1. The lowest BCUT2D eigenvalue weighted by atomic mass is 10.0. The summed E-state index contributed by atoms with van der Waals surface area (Å²) < 4.78 is 14.0. The Balaban J connectivity index is 1.60. The quantitative estimate of drug-likeness (QED) is 0.913. The molecular weight excluding hydrogens is 303 g/mol. The molecule has 5 heteroatoms. The highest BCUT2D eigenvalue weighted by atomic mass is 19.1. The van der Waals surface area contributed by atoms with Crippen LogP contribution in [0.4, 0.5) is 10.1 Å². The number of halogens is 1. The van der Waals surface area contributed by atoms with Gasteiger partial charge in [0.15, 0.2) is 0 Å². The van der Waals surface area contributed by atoms with Crippen LogP contribution >= 0.6 is 0 Å².